The first-order valence-electron chi connectivity index (χ1n) is 6.09. The number of nitrogens with zero attached hydrogens (tertiary/aromatic N) is 2. The van der Waals surface area contributed by atoms with Crippen LogP contribution in [0.15, 0.2) is 36.4 Å². The van der Waals surface area contributed by atoms with E-state index in [0.717, 1.165) is 22.4 Å². The van der Waals surface area contributed by atoms with Crippen molar-refractivity contribution in [1.29, 1.82) is 0 Å². The fraction of sp³-hybridized carbons (Fsp3) is 0.133. The van der Waals surface area contributed by atoms with Gasteiger partial charge in [0.2, 0.25) is 0 Å². The van der Waals surface area contributed by atoms with E-state index in [9.17, 15) is 5.11 Å². The summed E-state index contributed by atoms with van der Waals surface area (Å²) in [7, 11) is 1.95. The minimum Gasteiger partial charge on any atom is -0.507 e. The van der Waals surface area contributed by atoms with Crippen molar-refractivity contribution in [2.75, 3.05) is 5.73 Å². The van der Waals surface area contributed by atoms with Gasteiger partial charge in [-0.25, -0.2) is 4.98 Å². The smallest absolute Gasteiger partial charge is 0.144 e. The van der Waals surface area contributed by atoms with Gasteiger partial charge in [-0.05, 0) is 30.7 Å². The van der Waals surface area contributed by atoms with Crippen LogP contribution in [0.25, 0.3) is 22.4 Å². The molecule has 4 nitrogen and oxygen atoms in total. The van der Waals surface area contributed by atoms with Crippen LogP contribution in [0.4, 0.5) is 5.69 Å². The quantitative estimate of drug-likeness (QED) is 0.655. The predicted octanol–water partition coefficient (Wildman–Crippen LogP) is 2.84. The van der Waals surface area contributed by atoms with Crippen LogP contribution in [-0.4, -0.2) is 14.7 Å². The maximum atomic E-state index is 10.0. The van der Waals surface area contributed by atoms with Gasteiger partial charge in [-0.3, -0.25) is 0 Å². The molecule has 0 amide bonds. The van der Waals surface area contributed by atoms with E-state index in [4.69, 9.17) is 5.73 Å². The average molecular weight is 253 g/mol. The Morgan fingerprint density at radius 2 is 2.00 bits per heavy atom. The molecule has 0 aliphatic rings. The van der Waals surface area contributed by atoms with Crippen molar-refractivity contribution in [3.05, 3.63) is 42.0 Å². The molecule has 0 aliphatic carbocycles. The number of aromatic nitrogens is 2. The Morgan fingerprint density at radius 3 is 2.68 bits per heavy atom. The van der Waals surface area contributed by atoms with Crippen LogP contribution >= 0.6 is 0 Å². The number of nitrogen functional groups attached to an aromatic ring is 1. The molecule has 0 spiro atoms. The molecule has 96 valence electrons. The van der Waals surface area contributed by atoms with Gasteiger partial charge in [-0.1, -0.05) is 12.1 Å². The number of hydrogen-bond acceptors (Lipinski definition) is 3. The molecule has 1 heterocycles. The first-order valence-corrected chi connectivity index (χ1v) is 6.09. The Bertz CT molecular complexity index is 774. The van der Waals surface area contributed by atoms with E-state index >= 15 is 0 Å². The van der Waals surface area contributed by atoms with Crippen LogP contribution in [0.1, 0.15) is 5.56 Å². The fourth-order valence-corrected chi connectivity index (χ4v) is 2.44. The monoisotopic (exact) mass is 253 g/mol. The van der Waals surface area contributed by atoms with E-state index < -0.39 is 0 Å². The molecule has 0 saturated heterocycles. The highest BCUT2D eigenvalue weighted by Gasteiger charge is 2.14. The van der Waals surface area contributed by atoms with Gasteiger partial charge >= 0.3 is 0 Å². The number of rotatable bonds is 1. The van der Waals surface area contributed by atoms with E-state index in [1.54, 1.807) is 18.2 Å². The number of imidazole rings is 1. The summed E-state index contributed by atoms with van der Waals surface area (Å²) in [6.07, 6.45) is 0. The molecule has 0 atom stereocenters. The topological polar surface area (TPSA) is 64.1 Å². The molecule has 0 aliphatic heterocycles. The molecular weight excluding hydrogens is 238 g/mol. The molecule has 0 bridgehead atoms. The second kappa shape index (κ2) is 4.02. The number of fused-ring (bicyclic) bond motifs is 1. The van der Waals surface area contributed by atoms with Gasteiger partial charge in [0, 0.05) is 18.8 Å². The van der Waals surface area contributed by atoms with Crippen molar-refractivity contribution < 1.29 is 5.11 Å². The highest BCUT2D eigenvalue weighted by atomic mass is 16.3. The molecular formula is C15H15N3O. The standard InChI is InChI=1S/C15H15N3O/c1-9-4-3-5-12-14(9)18(2)15(17-12)11-7-6-10(16)8-13(11)19/h3-8,19H,16H2,1-2H3. The number of aryl methyl sites for hydroxylation is 2. The maximum Gasteiger partial charge on any atom is 0.144 e. The minimum atomic E-state index is 0.149. The normalized spacial score (nSPS) is 11.1. The van der Waals surface area contributed by atoms with Gasteiger partial charge in [0.15, 0.2) is 0 Å². The van der Waals surface area contributed by atoms with E-state index in [1.165, 1.54) is 0 Å². The second-order valence-electron chi connectivity index (χ2n) is 4.71. The molecule has 3 aromatic rings. The number of aromatic hydroxyl groups is 1. The number of benzene rings is 2. The van der Waals surface area contributed by atoms with Gasteiger partial charge in [-0.15, -0.1) is 0 Å². The summed E-state index contributed by atoms with van der Waals surface area (Å²) in [5.41, 5.74) is 10.0. The zero-order chi connectivity index (χ0) is 13.6. The lowest BCUT2D eigenvalue weighted by molar-refractivity contribution is 0.477. The van der Waals surface area contributed by atoms with Gasteiger partial charge < -0.3 is 15.4 Å². The molecule has 3 N–H and O–H groups in total. The third-order valence-corrected chi connectivity index (χ3v) is 3.36. The van der Waals surface area contributed by atoms with Crippen LogP contribution in [0.3, 0.4) is 0 Å². The first-order chi connectivity index (χ1) is 9.08. The summed E-state index contributed by atoms with van der Waals surface area (Å²) >= 11 is 0. The summed E-state index contributed by atoms with van der Waals surface area (Å²) < 4.78 is 2.00. The highest BCUT2D eigenvalue weighted by Crippen LogP contribution is 2.32. The van der Waals surface area contributed by atoms with Crippen molar-refractivity contribution in [2.24, 2.45) is 7.05 Å². The molecule has 1 aromatic heterocycles. The summed E-state index contributed by atoms with van der Waals surface area (Å²) in [6.45, 7) is 2.05. The number of hydrogen-bond donors (Lipinski definition) is 2. The number of anilines is 1. The Labute approximate surface area is 111 Å². The fourth-order valence-electron chi connectivity index (χ4n) is 2.44. The van der Waals surface area contributed by atoms with Crippen LogP contribution in [0.5, 0.6) is 5.75 Å². The van der Waals surface area contributed by atoms with Crippen molar-refractivity contribution in [3.63, 3.8) is 0 Å². The lowest BCUT2D eigenvalue weighted by atomic mass is 10.1. The molecule has 0 unspecified atom stereocenters. The third kappa shape index (κ3) is 1.73. The average Bonchev–Trinajstić information content (AvgIpc) is 2.68. The molecule has 0 radical (unpaired) electrons. The van der Waals surface area contributed by atoms with Crippen molar-refractivity contribution in [1.82, 2.24) is 9.55 Å². The van der Waals surface area contributed by atoms with Gasteiger partial charge in [0.1, 0.15) is 11.6 Å². The summed E-state index contributed by atoms with van der Waals surface area (Å²) in [6, 6.07) is 11.1. The summed E-state index contributed by atoms with van der Waals surface area (Å²) in [5, 5.41) is 10.0. The minimum absolute atomic E-state index is 0.149. The predicted molar refractivity (Wildman–Crippen MR) is 77.0 cm³/mol. The molecule has 3 rings (SSSR count). The van der Waals surface area contributed by atoms with E-state index in [1.807, 2.05) is 23.7 Å². The van der Waals surface area contributed by atoms with Gasteiger partial charge in [0.25, 0.3) is 0 Å². The Hall–Kier alpha value is -2.49. The zero-order valence-corrected chi connectivity index (χ0v) is 10.9. The molecule has 0 saturated carbocycles. The van der Waals surface area contributed by atoms with Crippen molar-refractivity contribution >= 4 is 16.7 Å². The van der Waals surface area contributed by atoms with Crippen molar-refractivity contribution in [2.45, 2.75) is 6.92 Å². The van der Waals surface area contributed by atoms with Crippen LogP contribution in [0.2, 0.25) is 0 Å². The lowest BCUT2D eigenvalue weighted by Crippen LogP contribution is -1.94. The maximum absolute atomic E-state index is 10.0. The molecule has 19 heavy (non-hydrogen) atoms. The Morgan fingerprint density at radius 1 is 1.21 bits per heavy atom. The Balaban J connectivity index is 2.31. The van der Waals surface area contributed by atoms with Crippen molar-refractivity contribution in [3.8, 4) is 17.1 Å². The third-order valence-electron chi connectivity index (χ3n) is 3.36. The summed E-state index contributed by atoms with van der Waals surface area (Å²) in [4.78, 5) is 4.60. The van der Waals surface area contributed by atoms with E-state index in [0.29, 0.717) is 11.3 Å². The van der Waals surface area contributed by atoms with E-state index in [-0.39, 0.29) is 5.75 Å². The number of phenolic OH excluding ortho intramolecular Hbond substituents is 1. The van der Waals surface area contributed by atoms with Gasteiger partial charge in [0.05, 0.1) is 16.6 Å². The SMILES string of the molecule is Cc1cccc2nc(-c3ccc(N)cc3O)n(C)c12. The largest absolute Gasteiger partial charge is 0.507 e. The Kier molecular flexibility index (Phi) is 2.45. The first kappa shape index (κ1) is 11.6. The molecule has 4 heteroatoms. The number of para-hydroxylation sites is 1. The number of nitrogens with two attached hydrogens (primary N) is 1. The number of phenols is 1. The second-order valence-corrected chi connectivity index (χ2v) is 4.71. The van der Waals surface area contributed by atoms with Crippen LogP contribution in [0, 0.1) is 6.92 Å². The summed E-state index contributed by atoms with van der Waals surface area (Å²) in [5.74, 6) is 0.887. The lowest BCUT2D eigenvalue weighted by Gasteiger charge is -2.06. The zero-order valence-electron chi connectivity index (χ0n) is 10.9. The van der Waals surface area contributed by atoms with Crippen LogP contribution < -0.4 is 5.73 Å². The molecule has 2 aromatic carbocycles. The van der Waals surface area contributed by atoms with E-state index in [2.05, 4.69) is 18.0 Å². The molecule has 0 fully saturated rings. The highest BCUT2D eigenvalue weighted by molar-refractivity contribution is 5.84. The van der Waals surface area contributed by atoms with Gasteiger partial charge in [-0.2, -0.15) is 0 Å². The van der Waals surface area contributed by atoms with Crippen LogP contribution in [-0.2, 0) is 7.05 Å².